The van der Waals surface area contributed by atoms with Crippen LogP contribution in [0.15, 0.2) is 11.6 Å². The number of esters is 1. The van der Waals surface area contributed by atoms with Crippen molar-refractivity contribution in [2.24, 2.45) is 5.92 Å². The molecule has 0 aliphatic carbocycles. The van der Waals surface area contributed by atoms with Gasteiger partial charge >= 0.3 is 5.97 Å². The summed E-state index contributed by atoms with van der Waals surface area (Å²) >= 11 is 0. The minimum Gasteiger partial charge on any atom is -0.466 e. The van der Waals surface area contributed by atoms with Crippen LogP contribution in [-0.4, -0.2) is 37.6 Å². The predicted molar refractivity (Wildman–Crippen MR) is 60.6 cm³/mol. The fraction of sp³-hybridized carbons (Fsp3) is 0.750. The third-order valence-corrected chi connectivity index (χ3v) is 2.97. The number of carbonyl (C=O) groups excluding carboxylic acids is 1. The number of piperidine rings is 1. The van der Waals surface area contributed by atoms with Gasteiger partial charge in [-0.1, -0.05) is 13.8 Å². The van der Waals surface area contributed by atoms with Crippen molar-refractivity contribution < 1.29 is 9.53 Å². The highest BCUT2D eigenvalue weighted by molar-refractivity contribution is 5.82. The summed E-state index contributed by atoms with van der Waals surface area (Å²) in [6.45, 7) is 5.50. The van der Waals surface area contributed by atoms with Gasteiger partial charge in [-0.25, -0.2) is 4.79 Å². The summed E-state index contributed by atoms with van der Waals surface area (Å²) in [7, 11) is 3.55. The standard InChI is InChI=1S/C12H21NO2/c1-9(2)12-10(8-11(14)15-4)6-5-7-13(12)3/h8-9,12H,5-7H2,1-4H3/b10-8+. The average Bonchev–Trinajstić information content (AvgIpc) is 2.17. The molecular weight excluding hydrogens is 190 g/mol. The molecule has 1 aliphatic heterocycles. The third kappa shape index (κ3) is 3.06. The first kappa shape index (κ1) is 12.2. The van der Waals surface area contributed by atoms with Crippen molar-refractivity contribution in [3.05, 3.63) is 11.6 Å². The van der Waals surface area contributed by atoms with Crippen LogP contribution in [0.1, 0.15) is 26.7 Å². The predicted octanol–water partition coefficient (Wildman–Crippen LogP) is 1.84. The van der Waals surface area contributed by atoms with Crippen LogP contribution in [-0.2, 0) is 9.53 Å². The third-order valence-electron chi connectivity index (χ3n) is 2.97. The van der Waals surface area contributed by atoms with Gasteiger partial charge in [-0.3, -0.25) is 4.90 Å². The van der Waals surface area contributed by atoms with Gasteiger partial charge in [0.15, 0.2) is 0 Å². The van der Waals surface area contributed by atoms with Crippen LogP contribution in [0.5, 0.6) is 0 Å². The Balaban J connectivity index is 2.83. The Bertz CT molecular complexity index is 258. The second kappa shape index (κ2) is 5.31. The molecule has 0 bridgehead atoms. The molecule has 3 nitrogen and oxygen atoms in total. The minimum absolute atomic E-state index is 0.231. The van der Waals surface area contributed by atoms with Crippen LogP contribution in [0.3, 0.4) is 0 Å². The molecule has 1 fully saturated rings. The second-order valence-corrected chi connectivity index (χ2v) is 4.52. The molecule has 15 heavy (non-hydrogen) atoms. The van der Waals surface area contributed by atoms with Crippen LogP contribution >= 0.6 is 0 Å². The van der Waals surface area contributed by atoms with Gasteiger partial charge in [-0.2, -0.15) is 0 Å². The molecule has 1 saturated heterocycles. The number of rotatable bonds is 2. The first-order valence-corrected chi connectivity index (χ1v) is 5.55. The highest BCUT2D eigenvalue weighted by Crippen LogP contribution is 2.26. The molecule has 3 heteroatoms. The topological polar surface area (TPSA) is 29.5 Å². The fourth-order valence-electron chi connectivity index (χ4n) is 2.41. The average molecular weight is 211 g/mol. The van der Waals surface area contributed by atoms with Gasteiger partial charge in [-0.15, -0.1) is 0 Å². The van der Waals surface area contributed by atoms with Crippen molar-refractivity contribution in [2.45, 2.75) is 32.7 Å². The maximum absolute atomic E-state index is 11.2. The monoisotopic (exact) mass is 211 g/mol. The van der Waals surface area contributed by atoms with Gasteiger partial charge < -0.3 is 4.74 Å². The van der Waals surface area contributed by atoms with Crippen molar-refractivity contribution >= 4 is 5.97 Å². The van der Waals surface area contributed by atoms with E-state index in [1.54, 1.807) is 6.08 Å². The molecule has 0 aromatic heterocycles. The van der Waals surface area contributed by atoms with E-state index in [2.05, 4.69) is 30.5 Å². The van der Waals surface area contributed by atoms with E-state index in [0.717, 1.165) is 19.4 Å². The number of likely N-dealkylation sites (N-methyl/N-ethyl adjacent to an activating group) is 1. The summed E-state index contributed by atoms with van der Waals surface area (Å²) in [5.41, 5.74) is 1.21. The Labute approximate surface area is 92.1 Å². The van der Waals surface area contributed by atoms with Crippen LogP contribution < -0.4 is 0 Å². The number of nitrogens with zero attached hydrogens (tertiary/aromatic N) is 1. The molecule has 1 heterocycles. The zero-order valence-electron chi connectivity index (χ0n) is 10.1. The first-order valence-electron chi connectivity index (χ1n) is 5.55. The fourth-order valence-corrected chi connectivity index (χ4v) is 2.41. The summed E-state index contributed by atoms with van der Waals surface area (Å²) in [5, 5.41) is 0. The zero-order chi connectivity index (χ0) is 11.4. The van der Waals surface area contributed by atoms with Crippen molar-refractivity contribution in [1.82, 2.24) is 4.90 Å². The molecular formula is C12H21NO2. The van der Waals surface area contributed by atoms with Crippen molar-refractivity contribution in [2.75, 3.05) is 20.7 Å². The van der Waals surface area contributed by atoms with Crippen LogP contribution in [0.4, 0.5) is 0 Å². The molecule has 0 saturated carbocycles. The lowest BCUT2D eigenvalue weighted by atomic mass is 9.88. The first-order chi connectivity index (χ1) is 7.06. The van der Waals surface area contributed by atoms with Gasteiger partial charge in [0.1, 0.15) is 0 Å². The largest absolute Gasteiger partial charge is 0.466 e. The molecule has 1 atom stereocenters. The van der Waals surface area contributed by atoms with E-state index in [4.69, 9.17) is 0 Å². The molecule has 0 spiro atoms. The van der Waals surface area contributed by atoms with E-state index in [9.17, 15) is 4.79 Å². The quantitative estimate of drug-likeness (QED) is 0.515. The van der Waals surface area contributed by atoms with E-state index in [0.29, 0.717) is 12.0 Å². The number of hydrogen-bond acceptors (Lipinski definition) is 3. The lowest BCUT2D eigenvalue weighted by Gasteiger charge is -2.37. The van der Waals surface area contributed by atoms with Gasteiger partial charge in [0.05, 0.1) is 7.11 Å². The molecule has 0 amide bonds. The Morgan fingerprint density at radius 1 is 1.60 bits per heavy atom. The molecule has 0 N–H and O–H groups in total. The summed E-state index contributed by atoms with van der Waals surface area (Å²) < 4.78 is 4.68. The zero-order valence-corrected chi connectivity index (χ0v) is 10.1. The Kier molecular flexibility index (Phi) is 4.33. The van der Waals surface area contributed by atoms with Gasteiger partial charge in [0.25, 0.3) is 0 Å². The van der Waals surface area contributed by atoms with Crippen molar-refractivity contribution in [3.8, 4) is 0 Å². The van der Waals surface area contributed by atoms with E-state index < -0.39 is 0 Å². The van der Waals surface area contributed by atoms with E-state index in [1.807, 2.05) is 0 Å². The highest BCUT2D eigenvalue weighted by Gasteiger charge is 2.26. The molecule has 1 rings (SSSR count). The van der Waals surface area contributed by atoms with Crippen LogP contribution in [0, 0.1) is 5.92 Å². The maximum atomic E-state index is 11.2. The molecule has 0 aromatic rings. The van der Waals surface area contributed by atoms with E-state index >= 15 is 0 Å². The molecule has 0 aromatic carbocycles. The molecule has 0 radical (unpaired) electrons. The molecule has 1 aliphatic rings. The van der Waals surface area contributed by atoms with Crippen LogP contribution in [0.25, 0.3) is 0 Å². The number of hydrogen-bond donors (Lipinski definition) is 0. The summed E-state index contributed by atoms with van der Waals surface area (Å²) in [5.74, 6) is 0.303. The number of methoxy groups -OCH3 is 1. The van der Waals surface area contributed by atoms with Crippen molar-refractivity contribution in [1.29, 1.82) is 0 Å². The lowest BCUT2D eigenvalue weighted by molar-refractivity contribution is -0.134. The molecule has 86 valence electrons. The Hall–Kier alpha value is -0.830. The maximum Gasteiger partial charge on any atom is 0.330 e. The smallest absolute Gasteiger partial charge is 0.330 e. The highest BCUT2D eigenvalue weighted by atomic mass is 16.5. The number of likely N-dealkylation sites (tertiary alicyclic amines) is 1. The Morgan fingerprint density at radius 3 is 2.80 bits per heavy atom. The summed E-state index contributed by atoms with van der Waals surface area (Å²) in [6.07, 6.45) is 3.81. The van der Waals surface area contributed by atoms with Gasteiger partial charge in [0.2, 0.25) is 0 Å². The van der Waals surface area contributed by atoms with Crippen molar-refractivity contribution in [3.63, 3.8) is 0 Å². The normalized spacial score (nSPS) is 25.9. The van der Waals surface area contributed by atoms with Crippen LogP contribution in [0.2, 0.25) is 0 Å². The number of ether oxygens (including phenoxy) is 1. The lowest BCUT2D eigenvalue weighted by Crippen LogP contribution is -2.41. The summed E-state index contributed by atoms with van der Waals surface area (Å²) in [4.78, 5) is 13.6. The SMILES string of the molecule is COC(=O)/C=C1\CCCN(C)C1C(C)C. The minimum atomic E-state index is -0.231. The Morgan fingerprint density at radius 2 is 2.27 bits per heavy atom. The van der Waals surface area contributed by atoms with E-state index in [1.165, 1.54) is 12.7 Å². The van der Waals surface area contributed by atoms with E-state index in [-0.39, 0.29) is 5.97 Å². The molecule has 1 unspecified atom stereocenters. The second-order valence-electron chi connectivity index (χ2n) is 4.52. The van der Waals surface area contributed by atoms with Gasteiger partial charge in [0, 0.05) is 12.1 Å². The van der Waals surface area contributed by atoms with Gasteiger partial charge in [-0.05, 0) is 37.9 Å². The number of carbonyl (C=O) groups is 1. The summed E-state index contributed by atoms with van der Waals surface area (Å²) in [6, 6.07) is 0.387.